The van der Waals surface area contributed by atoms with E-state index in [2.05, 4.69) is 20.4 Å². The molecule has 3 heterocycles. The number of hydrogen-bond acceptors (Lipinski definition) is 5. The molecular formula is C11H14N4O. The number of nitrogens with one attached hydrogen (secondary N) is 1. The number of nitrogens with zero attached hydrogens (tertiary/aromatic N) is 3. The summed E-state index contributed by atoms with van der Waals surface area (Å²) in [6.45, 7) is 3.97. The highest BCUT2D eigenvalue weighted by Crippen LogP contribution is 2.22. The molecule has 0 radical (unpaired) electrons. The molecule has 1 N–H and O–H groups in total. The number of aryl methyl sites for hydroxylation is 1. The van der Waals surface area contributed by atoms with Crippen LogP contribution >= 0.6 is 0 Å². The highest BCUT2D eigenvalue weighted by Gasteiger charge is 2.19. The molecule has 5 heteroatoms. The van der Waals surface area contributed by atoms with Crippen molar-refractivity contribution in [1.82, 2.24) is 20.4 Å². The Bertz CT molecular complexity index is 502. The predicted molar refractivity (Wildman–Crippen MR) is 59.2 cm³/mol. The third kappa shape index (κ3) is 1.57. The molecule has 0 aromatic carbocycles. The van der Waals surface area contributed by atoms with Gasteiger partial charge >= 0.3 is 0 Å². The minimum atomic E-state index is 0.424. The molecule has 1 atom stereocenters. The minimum absolute atomic E-state index is 0.424. The lowest BCUT2D eigenvalue weighted by Crippen LogP contribution is -2.29. The summed E-state index contributed by atoms with van der Waals surface area (Å²) in [5, 5.41) is 7.26. The van der Waals surface area contributed by atoms with Crippen molar-refractivity contribution in [2.45, 2.75) is 25.7 Å². The number of rotatable bonds is 1. The molecule has 1 saturated heterocycles. The fourth-order valence-corrected chi connectivity index (χ4v) is 2.14. The SMILES string of the molecule is Cc1noc2cnc(C3CCCNC3)nc12. The Kier molecular flexibility index (Phi) is 2.32. The van der Waals surface area contributed by atoms with Crippen LogP contribution in [0.2, 0.25) is 0 Å². The van der Waals surface area contributed by atoms with Crippen LogP contribution in [0.25, 0.3) is 11.1 Å². The maximum Gasteiger partial charge on any atom is 0.203 e. The van der Waals surface area contributed by atoms with Crippen LogP contribution in [0.15, 0.2) is 10.7 Å². The topological polar surface area (TPSA) is 63.8 Å². The summed E-state index contributed by atoms with van der Waals surface area (Å²) in [6, 6.07) is 0. The Morgan fingerprint density at radius 3 is 3.25 bits per heavy atom. The first kappa shape index (κ1) is 9.72. The zero-order chi connectivity index (χ0) is 11.0. The molecular weight excluding hydrogens is 204 g/mol. The molecule has 84 valence electrons. The molecule has 0 saturated carbocycles. The van der Waals surface area contributed by atoms with Crippen molar-refractivity contribution < 1.29 is 4.52 Å². The van der Waals surface area contributed by atoms with Crippen LogP contribution in [0.4, 0.5) is 0 Å². The molecule has 2 aromatic heterocycles. The number of aromatic nitrogens is 3. The highest BCUT2D eigenvalue weighted by atomic mass is 16.5. The second kappa shape index (κ2) is 3.83. The van der Waals surface area contributed by atoms with E-state index in [1.165, 1.54) is 6.42 Å². The van der Waals surface area contributed by atoms with Crippen molar-refractivity contribution in [2.75, 3.05) is 13.1 Å². The van der Waals surface area contributed by atoms with Crippen molar-refractivity contribution in [3.8, 4) is 0 Å². The van der Waals surface area contributed by atoms with E-state index in [-0.39, 0.29) is 0 Å². The lowest BCUT2D eigenvalue weighted by atomic mass is 9.99. The smallest absolute Gasteiger partial charge is 0.203 e. The molecule has 1 aliphatic heterocycles. The van der Waals surface area contributed by atoms with Crippen LogP contribution < -0.4 is 5.32 Å². The molecule has 3 rings (SSSR count). The first-order valence-corrected chi connectivity index (χ1v) is 5.64. The Morgan fingerprint density at radius 2 is 2.44 bits per heavy atom. The van der Waals surface area contributed by atoms with Gasteiger partial charge in [-0.3, -0.25) is 0 Å². The van der Waals surface area contributed by atoms with E-state index in [0.717, 1.165) is 36.5 Å². The second-order valence-electron chi connectivity index (χ2n) is 4.25. The maximum atomic E-state index is 5.10. The highest BCUT2D eigenvalue weighted by molar-refractivity contribution is 5.73. The van der Waals surface area contributed by atoms with E-state index in [1.54, 1.807) is 6.20 Å². The van der Waals surface area contributed by atoms with Crippen molar-refractivity contribution in [2.24, 2.45) is 0 Å². The van der Waals surface area contributed by atoms with Crippen molar-refractivity contribution >= 4 is 11.1 Å². The van der Waals surface area contributed by atoms with Gasteiger partial charge in [-0.1, -0.05) is 5.16 Å². The van der Waals surface area contributed by atoms with Gasteiger partial charge in [0, 0.05) is 12.5 Å². The molecule has 5 nitrogen and oxygen atoms in total. The van der Waals surface area contributed by atoms with Crippen LogP contribution in [0.5, 0.6) is 0 Å². The Morgan fingerprint density at radius 1 is 1.50 bits per heavy atom. The second-order valence-corrected chi connectivity index (χ2v) is 4.25. The average Bonchev–Trinajstić information content (AvgIpc) is 2.72. The van der Waals surface area contributed by atoms with Crippen molar-refractivity contribution in [3.05, 3.63) is 17.7 Å². The molecule has 16 heavy (non-hydrogen) atoms. The Balaban J connectivity index is 1.99. The lowest BCUT2D eigenvalue weighted by molar-refractivity contribution is 0.442. The first-order valence-electron chi connectivity index (χ1n) is 5.64. The van der Waals surface area contributed by atoms with E-state index in [9.17, 15) is 0 Å². The monoisotopic (exact) mass is 218 g/mol. The third-order valence-electron chi connectivity index (χ3n) is 3.06. The summed E-state index contributed by atoms with van der Waals surface area (Å²) in [4.78, 5) is 8.91. The Hall–Kier alpha value is -1.49. The normalized spacial score (nSPS) is 21.4. The fourth-order valence-electron chi connectivity index (χ4n) is 2.14. The predicted octanol–water partition coefficient (Wildman–Crippen LogP) is 1.39. The van der Waals surface area contributed by atoms with Crippen LogP contribution in [-0.4, -0.2) is 28.2 Å². The summed E-state index contributed by atoms with van der Waals surface area (Å²) < 4.78 is 5.10. The molecule has 1 aliphatic rings. The van der Waals surface area contributed by atoms with E-state index in [0.29, 0.717) is 11.5 Å². The Labute approximate surface area is 93.3 Å². The first-order chi connectivity index (χ1) is 7.84. The zero-order valence-corrected chi connectivity index (χ0v) is 9.23. The van der Waals surface area contributed by atoms with E-state index < -0.39 is 0 Å². The molecule has 1 fully saturated rings. The van der Waals surface area contributed by atoms with Gasteiger partial charge in [0.1, 0.15) is 17.0 Å². The van der Waals surface area contributed by atoms with Gasteiger partial charge in [0.05, 0.1) is 6.20 Å². The lowest BCUT2D eigenvalue weighted by Gasteiger charge is -2.21. The average molecular weight is 218 g/mol. The zero-order valence-electron chi connectivity index (χ0n) is 9.23. The molecule has 0 bridgehead atoms. The third-order valence-corrected chi connectivity index (χ3v) is 3.06. The van der Waals surface area contributed by atoms with Crippen molar-refractivity contribution in [3.63, 3.8) is 0 Å². The minimum Gasteiger partial charge on any atom is -0.353 e. The largest absolute Gasteiger partial charge is 0.353 e. The number of hydrogen-bond donors (Lipinski definition) is 1. The van der Waals surface area contributed by atoms with Crippen LogP contribution in [0.1, 0.15) is 30.3 Å². The van der Waals surface area contributed by atoms with Gasteiger partial charge < -0.3 is 9.84 Å². The number of fused-ring (bicyclic) bond motifs is 1. The van der Waals surface area contributed by atoms with E-state index >= 15 is 0 Å². The summed E-state index contributed by atoms with van der Waals surface area (Å²) in [5.74, 6) is 1.33. The van der Waals surface area contributed by atoms with Crippen LogP contribution in [0, 0.1) is 6.92 Å². The van der Waals surface area contributed by atoms with Gasteiger partial charge in [-0.15, -0.1) is 0 Å². The molecule has 2 aromatic rings. The fraction of sp³-hybridized carbons (Fsp3) is 0.545. The van der Waals surface area contributed by atoms with Crippen molar-refractivity contribution in [1.29, 1.82) is 0 Å². The van der Waals surface area contributed by atoms with Gasteiger partial charge in [0.25, 0.3) is 0 Å². The van der Waals surface area contributed by atoms with E-state index in [1.807, 2.05) is 6.92 Å². The van der Waals surface area contributed by atoms with Gasteiger partial charge in [-0.2, -0.15) is 0 Å². The quantitative estimate of drug-likeness (QED) is 0.783. The molecule has 0 aliphatic carbocycles. The summed E-state index contributed by atoms with van der Waals surface area (Å²) in [7, 11) is 0. The van der Waals surface area contributed by atoms with Crippen LogP contribution in [0.3, 0.4) is 0 Å². The van der Waals surface area contributed by atoms with Gasteiger partial charge in [-0.25, -0.2) is 9.97 Å². The molecule has 0 amide bonds. The van der Waals surface area contributed by atoms with Gasteiger partial charge in [-0.05, 0) is 26.3 Å². The van der Waals surface area contributed by atoms with Gasteiger partial charge in [0.15, 0.2) is 0 Å². The summed E-state index contributed by atoms with van der Waals surface area (Å²) in [6.07, 6.45) is 4.07. The summed E-state index contributed by atoms with van der Waals surface area (Å²) >= 11 is 0. The van der Waals surface area contributed by atoms with Gasteiger partial charge in [0.2, 0.25) is 5.58 Å². The van der Waals surface area contributed by atoms with E-state index in [4.69, 9.17) is 4.52 Å². The standard InChI is InChI=1S/C11H14N4O/c1-7-10-9(16-15-7)6-13-11(14-10)8-3-2-4-12-5-8/h6,8,12H,2-5H2,1H3. The molecule has 1 unspecified atom stereocenters. The number of piperidine rings is 1. The summed E-state index contributed by atoms with van der Waals surface area (Å²) in [5.41, 5.74) is 2.35. The maximum absolute atomic E-state index is 5.10. The van der Waals surface area contributed by atoms with Crippen LogP contribution in [-0.2, 0) is 0 Å². The molecule has 0 spiro atoms.